The third-order valence-corrected chi connectivity index (χ3v) is 5.66. The lowest BCUT2D eigenvalue weighted by atomic mass is 9.89. The van der Waals surface area contributed by atoms with Crippen LogP contribution in [0.3, 0.4) is 0 Å². The Kier molecular flexibility index (Phi) is 7.77. The molecule has 25 heavy (non-hydrogen) atoms. The predicted octanol–water partition coefficient (Wildman–Crippen LogP) is 4.20. The molecular weight excluding hydrogens is 332 g/mol. The molecule has 4 heteroatoms. The number of carbonyl (C=O) groups is 1. The quantitative estimate of drug-likeness (QED) is 0.712. The summed E-state index contributed by atoms with van der Waals surface area (Å²) in [6, 6.07) is 10.3. The molecule has 2 N–H and O–H groups in total. The summed E-state index contributed by atoms with van der Waals surface area (Å²) in [4.78, 5) is 12.1. The number of aryl methyl sites for hydroxylation is 1. The minimum Gasteiger partial charge on any atom is -0.356 e. The summed E-state index contributed by atoms with van der Waals surface area (Å²) in [5.74, 6) is 1.42. The molecule has 3 nitrogen and oxygen atoms in total. The van der Waals surface area contributed by atoms with Gasteiger partial charge in [-0.05, 0) is 61.5 Å². The van der Waals surface area contributed by atoms with Crippen molar-refractivity contribution in [3.63, 3.8) is 0 Å². The maximum Gasteiger partial charge on any atom is 0.220 e. The summed E-state index contributed by atoms with van der Waals surface area (Å²) in [5.41, 5.74) is 2.76. The molecule has 1 amide bonds. The van der Waals surface area contributed by atoms with E-state index in [9.17, 15) is 4.79 Å². The van der Waals surface area contributed by atoms with Gasteiger partial charge in [0, 0.05) is 25.0 Å². The van der Waals surface area contributed by atoms with Gasteiger partial charge < -0.3 is 10.6 Å². The lowest BCUT2D eigenvalue weighted by molar-refractivity contribution is -0.122. The van der Waals surface area contributed by atoms with Gasteiger partial charge >= 0.3 is 0 Å². The predicted molar refractivity (Wildman–Crippen MR) is 106 cm³/mol. The number of carbonyl (C=O) groups excluding carboxylic acids is 1. The van der Waals surface area contributed by atoms with Crippen molar-refractivity contribution in [1.29, 1.82) is 0 Å². The van der Waals surface area contributed by atoms with Crippen LogP contribution in [0.15, 0.2) is 24.3 Å². The highest BCUT2D eigenvalue weighted by Gasteiger charge is 2.33. The van der Waals surface area contributed by atoms with E-state index < -0.39 is 0 Å². The smallest absolute Gasteiger partial charge is 0.220 e. The second-order valence-electron chi connectivity index (χ2n) is 8.03. The van der Waals surface area contributed by atoms with Crippen molar-refractivity contribution >= 4 is 18.3 Å². The SMILES string of the molecule is CC(C)c1ccc(CCCNC(=O)CC2CC3CCC(C2)N3)cc1.Cl. The van der Waals surface area contributed by atoms with Crippen molar-refractivity contribution in [3.8, 4) is 0 Å². The first-order valence-electron chi connectivity index (χ1n) is 9.71. The Labute approximate surface area is 158 Å². The van der Waals surface area contributed by atoms with Crippen LogP contribution in [-0.4, -0.2) is 24.5 Å². The van der Waals surface area contributed by atoms with Crippen molar-refractivity contribution < 1.29 is 4.79 Å². The first kappa shape index (κ1) is 20.3. The fraction of sp³-hybridized carbons (Fsp3) is 0.667. The number of piperidine rings is 1. The van der Waals surface area contributed by atoms with Crippen LogP contribution in [0, 0.1) is 5.92 Å². The van der Waals surface area contributed by atoms with Crippen LogP contribution in [-0.2, 0) is 11.2 Å². The van der Waals surface area contributed by atoms with Crippen molar-refractivity contribution in [1.82, 2.24) is 10.6 Å². The molecule has 2 aliphatic heterocycles. The Bertz CT molecular complexity index is 531. The van der Waals surface area contributed by atoms with Crippen LogP contribution in [0.25, 0.3) is 0 Å². The first-order valence-corrected chi connectivity index (χ1v) is 9.71. The van der Waals surface area contributed by atoms with Gasteiger partial charge in [-0.3, -0.25) is 4.79 Å². The van der Waals surface area contributed by atoms with Gasteiger partial charge in [0.25, 0.3) is 0 Å². The van der Waals surface area contributed by atoms with E-state index in [1.165, 1.54) is 36.8 Å². The largest absolute Gasteiger partial charge is 0.356 e. The molecule has 0 radical (unpaired) electrons. The molecule has 2 heterocycles. The number of rotatable bonds is 7. The number of fused-ring (bicyclic) bond motifs is 2. The highest BCUT2D eigenvalue weighted by Crippen LogP contribution is 2.32. The molecule has 2 unspecified atom stereocenters. The molecule has 0 saturated carbocycles. The monoisotopic (exact) mass is 364 g/mol. The van der Waals surface area contributed by atoms with Crippen molar-refractivity contribution in [2.24, 2.45) is 5.92 Å². The van der Waals surface area contributed by atoms with Gasteiger partial charge in [0.05, 0.1) is 0 Å². The third-order valence-electron chi connectivity index (χ3n) is 5.66. The molecule has 3 rings (SSSR count). The summed E-state index contributed by atoms with van der Waals surface area (Å²) in [6.07, 6.45) is 7.76. The van der Waals surface area contributed by atoms with Crippen LogP contribution in [0.5, 0.6) is 0 Å². The Balaban J connectivity index is 0.00000225. The average molecular weight is 365 g/mol. The molecule has 1 aromatic rings. The summed E-state index contributed by atoms with van der Waals surface area (Å²) < 4.78 is 0. The molecule has 2 bridgehead atoms. The molecular formula is C21H33ClN2O. The van der Waals surface area contributed by atoms with Crippen molar-refractivity contribution in [2.45, 2.75) is 76.8 Å². The van der Waals surface area contributed by atoms with E-state index in [1.54, 1.807) is 0 Å². The third kappa shape index (κ3) is 6.00. The average Bonchev–Trinajstić information content (AvgIpc) is 2.90. The number of benzene rings is 1. The van der Waals surface area contributed by atoms with Gasteiger partial charge in [0.1, 0.15) is 0 Å². The second kappa shape index (κ2) is 9.59. The summed E-state index contributed by atoms with van der Waals surface area (Å²) in [6.45, 7) is 5.24. The van der Waals surface area contributed by atoms with Gasteiger partial charge in [-0.2, -0.15) is 0 Å². The van der Waals surface area contributed by atoms with E-state index in [0.29, 0.717) is 23.9 Å². The minimum absolute atomic E-state index is 0. The maximum absolute atomic E-state index is 12.1. The van der Waals surface area contributed by atoms with E-state index in [0.717, 1.165) is 25.8 Å². The zero-order valence-corrected chi connectivity index (χ0v) is 16.4. The van der Waals surface area contributed by atoms with Crippen molar-refractivity contribution in [2.75, 3.05) is 6.54 Å². The Morgan fingerprint density at radius 3 is 2.40 bits per heavy atom. The summed E-state index contributed by atoms with van der Waals surface area (Å²) in [5, 5.41) is 6.76. The fourth-order valence-electron chi connectivity index (χ4n) is 4.27. The van der Waals surface area contributed by atoms with E-state index in [1.807, 2.05) is 0 Å². The van der Waals surface area contributed by atoms with Gasteiger partial charge in [0.2, 0.25) is 5.91 Å². The topological polar surface area (TPSA) is 41.1 Å². The summed E-state index contributed by atoms with van der Waals surface area (Å²) in [7, 11) is 0. The molecule has 2 fully saturated rings. The highest BCUT2D eigenvalue weighted by atomic mass is 35.5. The number of hydrogen-bond donors (Lipinski definition) is 2. The molecule has 1 aromatic carbocycles. The molecule has 0 spiro atoms. The van der Waals surface area contributed by atoms with Crippen LogP contribution in [0.2, 0.25) is 0 Å². The van der Waals surface area contributed by atoms with Gasteiger partial charge in [-0.15, -0.1) is 12.4 Å². The van der Waals surface area contributed by atoms with Gasteiger partial charge in [-0.25, -0.2) is 0 Å². The number of amides is 1. The zero-order chi connectivity index (χ0) is 16.9. The molecule has 2 aliphatic rings. The Morgan fingerprint density at radius 2 is 1.80 bits per heavy atom. The normalized spacial score (nSPS) is 24.8. The van der Waals surface area contributed by atoms with Crippen LogP contribution < -0.4 is 10.6 Å². The Morgan fingerprint density at radius 1 is 1.16 bits per heavy atom. The van der Waals surface area contributed by atoms with E-state index in [-0.39, 0.29) is 18.3 Å². The van der Waals surface area contributed by atoms with E-state index >= 15 is 0 Å². The maximum atomic E-state index is 12.1. The minimum atomic E-state index is 0. The van der Waals surface area contributed by atoms with Gasteiger partial charge in [0.15, 0.2) is 0 Å². The molecule has 140 valence electrons. The van der Waals surface area contributed by atoms with Crippen LogP contribution >= 0.6 is 12.4 Å². The van der Waals surface area contributed by atoms with E-state index in [2.05, 4.69) is 48.7 Å². The highest BCUT2D eigenvalue weighted by molar-refractivity contribution is 5.85. The zero-order valence-electron chi connectivity index (χ0n) is 15.6. The molecule has 0 aliphatic carbocycles. The fourth-order valence-corrected chi connectivity index (χ4v) is 4.27. The van der Waals surface area contributed by atoms with E-state index in [4.69, 9.17) is 0 Å². The lowest BCUT2D eigenvalue weighted by Crippen LogP contribution is -2.39. The van der Waals surface area contributed by atoms with Crippen LogP contribution in [0.1, 0.15) is 69.4 Å². The first-order chi connectivity index (χ1) is 11.6. The molecule has 2 atom stereocenters. The number of halogens is 1. The Hall–Kier alpha value is -1.06. The summed E-state index contributed by atoms with van der Waals surface area (Å²) >= 11 is 0. The second-order valence-corrected chi connectivity index (χ2v) is 8.03. The van der Waals surface area contributed by atoms with Crippen molar-refractivity contribution in [3.05, 3.63) is 35.4 Å². The number of nitrogens with one attached hydrogen (secondary N) is 2. The standard InChI is InChI=1S/C21H32N2O.ClH/c1-15(2)18-7-5-16(6-8-18)4-3-11-22-21(24)14-17-12-19-9-10-20(13-17)23-19;/h5-8,15,17,19-20,23H,3-4,9-14H2,1-2H3,(H,22,24);1H. The molecule has 0 aromatic heterocycles. The van der Waals surface area contributed by atoms with Gasteiger partial charge in [-0.1, -0.05) is 38.1 Å². The lowest BCUT2D eigenvalue weighted by Gasteiger charge is -2.28. The van der Waals surface area contributed by atoms with Crippen LogP contribution in [0.4, 0.5) is 0 Å². The number of hydrogen-bond acceptors (Lipinski definition) is 2. The molecule has 2 saturated heterocycles.